The average molecular weight is 547 g/mol. The van der Waals surface area contributed by atoms with Gasteiger partial charge in [-0.05, 0) is 71.1 Å². The Bertz CT molecular complexity index is 1300. The Kier molecular flexibility index (Phi) is 4.80. The Balaban J connectivity index is 1.48. The number of ketones is 2. The lowest BCUT2D eigenvalue weighted by Gasteiger charge is -2.00. The van der Waals surface area contributed by atoms with Crippen molar-refractivity contribution in [3.8, 4) is 17.1 Å². The van der Waals surface area contributed by atoms with Gasteiger partial charge in [0.25, 0.3) is 0 Å². The molecular weight excluding hydrogens is 535 g/mol. The second kappa shape index (κ2) is 7.37. The first-order valence-corrected chi connectivity index (χ1v) is 11.2. The Hall–Kier alpha value is -2.42. The number of halogens is 2. The quantitative estimate of drug-likeness (QED) is 0.160. The lowest BCUT2D eigenvalue weighted by Crippen LogP contribution is -1.99. The number of allylic oxidation sites excluding steroid dienone is 1. The molecule has 0 fully saturated rings. The molecule has 5 rings (SSSR count). The predicted octanol–water partition coefficient (Wildman–Crippen LogP) is 6.89. The summed E-state index contributed by atoms with van der Waals surface area (Å²) in [5, 5.41) is 0.469. The summed E-state index contributed by atoms with van der Waals surface area (Å²) >= 11 is 9.65. The zero-order valence-electron chi connectivity index (χ0n) is 15.5. The third-order valence-electron chi connectivity index (χ3n) is 4.93. The Labute approximate surface area is 194 Å². The van der Waals surface area contributed by atoms with E-state index in [1.165, 1.54) is 11.3 Å². The molecule has 4 aromatic rings. The highest BCUT2D eigenvalue weighted by molar-refractivity contribution is 14.1. The summed E-state index contributed by atoms with van der Waals surface area (Å²) in [5.41, 5.74) is 2.58. The maximum Gasteiger partial charge on any atom is 0.197 e. The summed E-state index contributed by atoms with van der Waals surface area (Å²) in [6, 6.07) is 14.7. The third-order valence-corrected chi connectivity index (χ3v) is 7.46. The number of rotatable bonds is 3. The van der Waals surface area contributed by atoms with E-state index in [0.29, 0.717) is 21.7 Å². The SMILES string of the molecule is COc1ccc(-c2cc3sc(/C=C4/C(=O)c5cc(Cl)c(I)cc5C4=O)cc3o2)cc1. The Morgan fingerprint density at radius 2 is 1.73 bits per heavy atom. The Morgan fingerprint density at radius 3 is 2.40 bits per heavy atom. The molecule has 4 nitrogen and oxygen atoms in total. The molecule has 0 bridgehead atoms. The molecule has 1 aliphatic rings. The molecule has 0 saturated carbocycles. The minimum absolute atomic E-state index is 0.155. The molecule has 0 spiro atoms. The molecule has 1 aliphatic carbocycles. The fraction of sp³-hybridized carbons (Fsp3) is 0.0435. The fourth-order valence-corrected chi connectivity index (χ4v) is 5.01. The van der Waals surface area contributed by atoms with Crippen LogP contribution in [-0.4, -0.2) is 18.7 Å². The number of furan rings is 1. The van der Waals surface area contributed by atoms with Crippen LogP contribution in [0.5, 0.6) is 5.75 Å². The van der Waals surface area contributed by atoms with Gasteiger partial charge in [-0.15, -0.1) is 11.3 Å². The topological polar surface area (TPSA) is 56.5 Å². The molecule has 0 radical (unpaired) electrons. The number of carbonyl (C=O) groups is 2. The van der Waals surface area contributed by atoms with Crippen LogP contribution >= 0.6 is 45.5 Å². The van der Waals surface area contributed by atoms with Crippen LogP contribution in [0.15, 0.2) is 58.5 Å². The van der Waals surface area contributed by atoms with Gasteiger partial charge in [0.2, 0.25) is 0 Å². The molecule has 2 heterocycles. The van der Waals surface area contributed by atoms with Crippen LogP contribution < -0.4 is 4.74 Å². The zero-order chi connectivity index (χ0) is 21.0. The summed E-state index contributed by atoms with van der Waals surface area (Å²) in [5.74, 6) is 0.970. The van der Waals surface area contributed by atoms with Crippen molar-refractivity contribution >= 4 is 73.5 Å². The highest BCUT2D eigenvalue weighted by atomic mass is 127. The van der Waals surface area contributed by atoms with Crippen LogP contribution in [0.2, 0.25) is 5.02 Å². The maximum absolute atomic E-state index is 12.8. The van der Waals surface area contributed by atoms with Crippen LogP contribution in [0, 0.1) is 3.57 Å². The van der Waals surface area contributed by atoms with Crippen molar-refractivity contribution in [3.63, 3.8) is 0 Å². The number of methoxy groups -OCH3 is 1. The van der Waals surface area contributed by atoms with Crippen molar-refractivity contribution in [1.29, 1.82) is 0 Å². The molecule has 2 aromatic heterocycles. The summed E-state index contributed by atoms with van der Waals surface area (Å²) < 4.78 is 12.8. The van der Waals surface area contributed by atoms with Crippen molar-refractivity contribution < 1.29 is 18.7 Å². The summed E-state index contributed by atoms with van der Waals surface area (Å²) in [7, 11) is 1.63. The minimum atomic E-state index is -0.294. The van der Waals surface area contributed by atoms with Crippen molar-refractivity contribution in [2.45, 2.75) is 0 Å². The van der Waals surface area contributed by atoms with E-state index in [1.807, 2.05) is 36.4 Å². The molecule has 7 heteroatoms. The summed E-state index contributed by atoms with van der Waals surface area (Å²) in [6.07, 6.45) is 1.64. The van der Waals surface area contributed by atoms with Crippen LogP contribution in [0.1, 0.15) is 25.6 Å². The molecule has 0 N–H and O–H groups in total. The molecular formula is C23H12ClIO4S. The van der Waals surface area contributed by atoms with E-state index in [1.54, 1.807) is 25.3 Å². The second-order valence-electron chi connectivity index (χ2n) is 6.74. The first-order valence-electron chi connectivity index (χ1n) is 8.92. The summed E-state index contributed by atoms with van der Waals surface area (Å²) in [4.78, 5) is 26.3. The molecule has 0 amide bonds. The number of benzene rings is 2. The molecule has 0 aliphatic heterocycles. The number of Topliss-reactive ketones (excluding diaryl/α,β-unsaturated/α-hetero) is 2. The zero-order valence-corrected chi connectivity index (χ0v) is 19.2. The molecule has 2 aromatic carbocycles. The van der Waals surface area contributed by atoms with Gasteiger partial charge < -0.3 is 9.15 Å². The van der Waals surface area contributed by atoms with Gasteiger partial charge in [0.15, 0.2) is 11.6 Å². The predicted molar refractivity (Wildman–Crippen MR) is 127 cm³/mol. The largest absolute Gasteiger partial charge is 0.497 e. The van der Waals surface area contributed by atoms with Gasteiger partial charge >= 0.3 is 0 Å². The molecule has 148 valence electrons. The number of fused-ring (bicyclic) bond motifs is 2. The van der Waals surface area contributed by atoms with Crippen LogP contribution in [0.25, 0.3) is 27.7 Å². The molecule has 0 unspecified atom stereocenters. The van der Waals surface area contributed by atoms with Crippen molar-refractivity contribution in [3.05, 3.63) is 78.7 Å². The number of hydrogen-bond donors (Lipinski definition) is 0. The van der Waals surface area contributed by atoms with Gasteiger partial charge in [0.1, 0.15) is 17.1 Å². The van der Waals surface area contributed by atoms with E-state index >= 15 is 0 Å². The number of ether oxygens (including phenoxy) is 1. The van der Waals surface area contributed by atoms with Crippen molar-refractivity contribution in [2.24, 2.45) is 0 Å². The van der Waals surface area contributed by atoms with Gasteiger partial charge in [0, 0.05) is 31.2 Å². The smallest absolute Gasteiger partial charge is 0.197 e. The first-order chi connectivity index (χ1) is 14.4. The lowest BCUT2D eigenvalue weighted by atomic mass is 10.1. The van der Waals surface area contributed by atoms with Crippen LogP contribution in [0.3, 0.4) is 0 Å². The van der Waals surface area contributed by atoms with Gasteiger partial charge in [0.05, 0.1) is 22.4 Å². The van der Waals surface area contributed by atoms with Crippen molar-refractivity contribution in [2.75, 3.05) is 7.11 Å². The average Bonchev–Trinajstić information content (AvgIpc) is 3.37. The van der Waals surface area contributed by atoms with Crippen LogP contribution in [0.4, 0.5) is 0 Å². The highest BCUT2D eigenvalue weighted by Crippen LogP contribution is 2.37. The summed E-state index contributed by atoms with van der Waals surface area (Å²) in [6.45, 7) is 0. The van der Waals surface area contributed by atoms with E-state index in [2.05, 4.69) is 22.6 Å². The van der Waals surface area contributed by atoms with Crippen LogP contribution in [-0.2, 0) is 0 Å². The normalized spacial score (nSPS) is 14.7. The van der Waals surface area contributed by atoms with E-state index in [4.69, 9.17) is 20.8 Å². The molecule has 0 atom stereocenters. The monoisotopic (exact) mass is 546 g/mol. The third kappa shape index (κ3) is 3.19. The van der Waals surface area contributed by atoms with E-state index in [9.17, 15) is 9.59 Å². The van der Waals surface area contributed by atoms with E-state index in [-0.39, 0.29) is 17.1 Å². The molecule has 30 heavy (non-hydrogen) atoms. The van der Waals surface area contributed by atoms with E-state index in [0.717, 1.165) is 30.2 Å². The molecule has 0 saturated heterocycles. The second-order valence-corrected chi connectivity index (χ2v) is 9.43. The van der Waals surface area contributed by atoms with E-state index < -0.39 is 0 Å². The number of carbonyl (C=O) groups excluding carboxylic acids is 2. The number of thiophene rings is 1. The Morgan fingerprint density at radius 1 is 1.03 bits per heavy atom. The highest BCUT2D eigenvalue weighted by Gasteiger charge is 2.34. The fourth-order valence-electron chi connectivity index (χ4n) is 3.41. The lowest BCUT2D eigenvalue weighted by molar-refractivity contribution is 0.0990. The minimum Gasteiger partial charge on any atom is -0.497 e. The first kappa shape index (κ1) is 19.5. The van der Waals surface area contributed by atoms with Crippen molar-refractivity contribution in [1.82, 2.24) is 0 Å². The van der Waals surface area contributed by atoms with Gasteiger partial charge in [-0.2, -0.15) is 0 Å². The standard InChI is InChI=1S/C23H12ClIO4S/c1-28-12-4-2-11(3-5-12)19-10-21-20(29-19)7-13(30-21)6-16-22(26)14-8-17(24)18(25)9-15(14)23(16)27/h2-10H,1H3/b16-6-. The number of hydrogen-bond acceptors (Lipinski definition) is 5. The maximum atomic E-state index is 12.8. The van der Waals surface area contributed by atoms with Gasteiger partial charge in [-0.3, -0.25) is 9.59 Å². The van der Waals surface area contributed by atoms with Gasteiger partial charge in [-0.1, -0.05) is 11.6 Å². The van der Waals surface area contributed by atoms with Gasteiger partial charge in [-0.25, -0.2) is 0 Å².